The van der Waals surface area contributed by atoms with Gasteiger partial charge in [0.1, 0.15) is 11.1 Å². The van der Waals surface area contributed by atoms with Crippen LogP contribution in [0.3, 0.4) is 0 Å². The van der Waals surface area contributed by atoms with Gasteiger partial charge in [0, 0.05) is 18.1 Å². The highest BCUT2D eigenvalue weighted by Crippen LogP contribution is 2.24. The van der Waals surface area contributed by atoms with Gasteiger partial charge in [-0.05, 0) is 26.0 Å². The molecule has 0 aromatic carbocycles. The van der Waals surface area contributed by atoms with E-state index in [4.69, 9.17) is 0 Å². The second kappa shape index (κ2) is 4.52. The molecule has 0 spiro atoms. The molecule has 0 amide bonds. The topological polar surface area (TPSA) is 54.5 Å². The molecule has 0 aliphatic heterocycles. The fourth-order valence-corrected chi connectivity index (χ4v) is 2.28. The molecule has 0 saturated heterocycles. The molecule has 0 radical (unpaired) electrons. The second-order valence-electron chi connectivity index (χ2n) is 3.71. The van der Waals surface area contributed by atoms with Gasteiger partial charge in [0.05, 0.1) is 17.0 Å². The first kappa shape index (κ1) is 11.6. The lowest BCUT2D eigenvalue weighted by Gasteiger charge is -1.95. The first-order valence-corrected chi connectivity index (χ1v) is 5.97. The molecular formula is C12H12N4S. The van der Waals surface area contributed by atoms with Gasteiger partial charge in [-0.2, -0.15) is 10.4 Å². The lowest BCUT2D eigenvalue weighted by molar-refractivity contribution is 0.760. The number of nitriles is 1. The summed E-state index contributed by atoms with van der Waals surface area (Å²) in [5, 5.41) is 14.0. The molecule has 0 unspecified atom stereocenters. The number of nitrogens with zero attached hydrogens (tertiary/aromatic N) is 4. The van der Waals surface area contributed by atoms with Crippen molar-refractivity contribution in [2.75, 3.05) is 0 Å². The van der Waals surface area contributed by atoms with Gasteiger partial charge < -0.3 is 0 Å². The van der Waals surface area contributed by atoms with Crippen LogP contribution in [-0.2, 0) is 7.05 Å². The molecule has 0 aliphatic rings. The largest absolute Gasteiger partial charge is 0.269 e. The highest BCUT2D eigenvalue weighted by Gasteiger charge is 2.09. The maximum Gasteiger partial charge on any atom is 0.134 e. The zero-order chi connectivity index (χ0) is 12.4. The lowest BCUT2D eigenvalue weighted by Crippen LogP contribution is -1.93. The average molecular weight is 244 g/mol. The molecule has 4 nitrogen and oxygen atoms in total. The Bertz CT molecular complexity index is 593. The summed E-state index contributed by atoms with van der Waals surface area (Å²) in [4.78, 5) is 5.53. The molecule has 0 saturated carbocycles. The number of allylic oxidation sites excluding steroid dienone is 1. The molecule has 2 aromatic rings. The molecule has 0 N–H and O–H groups in total. The number of hydrogen-bond donors (Lipinski definition) is 0. The fourth-order valence-electron chi connectivity index (χ4n) is 1.40. The van der Waals surface area contributed by atoms with Crippen molar-refractivity contribution < 1.29 is 0 Å². The van der Waals surface area contributed by atoms with Crippen LogP contribution in [0.2, 0.25) is 0 Å². The van der Waals surface area contributed by atoms with E-state index >= 15 is 0 Å². The summed E-state index contributed by atoms with van der Waals surface area (Å²) in [6.45, 7) is 3.96. The van der Waals surface area contributed by atoms with E-state index in [0.29, 0.717) is 5.57 Å². The van der Waals surface area contributed by atoms with Gasteiger partial charge >= 0.3 is 0 Å². The van der Waals surface area contributed by atoms with Crippen molar-refractivity contribution in [1.29, 1.82) is 5.26 Å². The highest BCUT2D eigenvalue weighted by atomic mass is 32.1. The Kier molecular flexibility index (Phi) is 3.07. The van der Waals surface area contributed by atoms with E-state index in [-0.39, 0.29) is 0 Å². The second-order valence-corrected chi connectivity index (χ2v) is 4.91. The van der Waals surface area contributed by atoms with E-state index in [2.05, 4.69) is 16.2 Å². The molecule has 86 valence electrons. The Morgan fingerprint density at radius 1 is 1.53 bits per heavy atom. The molecule has 17 heavy (non-hydrogen) atoms. The standard InChI is InChI=1S/C12H12N4S/c1-8-9(2)17-12(15-8)10(7-13)6-11-4-5-14-16(11)3/h4-6H,1-3H3/b10-6-. The van der Waals surface area contributed by atoms with Gasteiger partial charge in [0.25, 0.3) is 0 Å². The number of rotatable bonds is 2. The molecule has 2 rings (SSSR count). The third-order valence-corrected chi connectivity index (χ3v) is 3.64. The Labute approximate surface area is 104 Å². The van der Waals surface area contributed by atoms with Crippen molar-refractivity contribution in [2.45, 2.75) is 13.8 Å². The van der Waals surface area contributed by atoms with Gasteiger partial charge in [0.15, 0.2) is 0 Å². The van der Waals surface area contributed by atoms with Crippen molar-refractivity contribution in [2.24, 2.45) is 7.05 Å². The van der Waals surface area contributed by atoms with E-state index in [9.17, 15) is 5.26 Å². The minimum absolute atomic E-state index is 0.579. The van der Waals surface area contributed by atoms with E-state index < -0.39 is 0 Å². The third-order valence-electron chi connectivity index (χ3n) is 2.53. The maximum atomic E-state index is 9.19. The Balaban J connectivity index is 2.45. The van der Waals surface area contributed by atoms with E-state index in [1.54, 1.807) is 22.2 Å². The summed E-state index contributed by atoms with van der Waals surface area (Å²) in [5.74, 6) is 0. The minimum Gasteiger partial charge on any atom is -0.269 e. The normalized spacial score (nSPS) is 11.5. The Morgan fingerprint density at radius 2 is 2.29 bits per heavy atom. The molecule has 0 atom stereocenters. The molecule has 0 bridgehead atoms. The Hall–Kier alpha value is -1.93. The average Bonchev–Trinajstić information content (AvgIpc) is 2.83. The predicted molar refractivity (Wildman–Crippen MR) is 68.3 cm³/mol. The third kappa shape index (κ3) is 2.27. The number of aromatic nitrogens is 3. The van der Waals surface area contributed by atoms with Crippen molar-refractivity contribution in [3.8, 4) is 6.07 Å². The van der Waals surface area contributed by atoms with Crippen LogP contribution in [0.25, 0.3) is 11.6 Å². The predicted octanol–water partition coefficient (Wildman–Crippen LogP) is 2.56. The van der Waals surface area contributed by atoms with Gasteiger partial charge in [-0.25, -0.2) is 4.98 Å². The Morgan fingerprint density at radius 3 is 2.76 bits per heavy atom. The number of hydrogen-bond acceptors (Lipinski definition) is 4. The van der Waals surface area contributed by atoms with Crippen molar-refractivity contribution >= 4 is 23.0 Å². The molecule has 0 aliphatic carbocycles. The van der Waals surface area contributed by atoms with Crippen LogP contribution in [-0.4, -0.2) is 14.8 Å². The van der Waals surface area contributed by atoms with Crippen LogP contribution in [0.1, 0.15) is 21.3 Å². The van der Waals surface area contributed by atoms with Crippen LogP contribution in [0.4, 0.5) is 0 Å². The van der Waals surface area contributed by atoms with Crippen LogP contribution in [0, 0.1) is 25.2 Å². The monoisotopic (exact) mass is 244 g/mol. The highest BCUT2D eigenvalue weighted by molar-refractivity contribution is 7.12. The molecule has 5 heteroatoms. The SMILES string of the molecule is Cc1nc(/C(C#N)=C\c2ccnn2C)sc1C. The first-order valence-electron chi connectivity index (χ1n) is 5.16. The van der Waals surface area contributed by atoms with Crippen LogP contribution in [0.5, 0.6) is 0 Å². The van der Waals surface area contributed by atoms with Gasteiger partial charge in [-0.3, -0.25) is 4.68 Å². The molecular weight excluding hydrogens is 232 g/mol. The summed E-state index contributed by atoms with van der Waals surface area (Å²) >= 11 is 1.54. The summed E-state index contributed by atoms with van der Waals surface area (Å²) in [5.41, 5.74) is 2.46. The van der Waals surface area contributed by atoms with Crippen LogP contribution < -0.4 is 0 Å². The van der Waals surface area contributed by atoms with Crippen molar-refractivity contribution in [1.82, 2.24) is 14.8 Å². The van der Waals surface area contributed by atoms with Crippen LogP contribution in [0.15, 0.2) is 12.3 Å². The summed E-state index contributed by atoms with van der Waals surface area (Å²) < 4.78 is 1.73. The maximum absolute atomic E-state index is 9.19. The molecule has 0 fully saturated rings. The molecule has 2 aromatic heterocycles. The number of aryl methyl sites for hydroxylation is 3. The van der Waals surface area contributed by atoms with Gasteiger partial charge in [0.2, 0.25) is 0 Å². The van der Waals surface area contributed by atoms with Crippen molar-refractivity contribution in [3.63, 3.8) is 0 Å². The first-order chi connectivity index (χ1) is 8.11. The fraction of sp³-hybridized carbons (Fsp3) is 0.250. The lowest BCUT2D eigenvalue weighted by atomic mass is 10.2. The quantitative estimate of drug-likeness (QED) is 0.763. The van der Waals surface area contributed by atoms with Gasteiger partial charge in [-0.1, -0.05) is 0 Å². The summed E-state index contributed by atoms with van der Waals surface area (Å²) in [6.07, 6.45) is 3.52. The number of thiazole rings is 1. The van der Waals surface area contributed by atoms with Gasteiger partial charge in [-0.15, -0.1) is 11.3 Å². The zero-order valence-electron chi connectivity index (χ0n) is 9.93. The van der Waals surface area contributed by atoms with E-state index in [1.165, 1.54) is 0 Å². The summed E-state index contributed by atoms with van der Waals surface area (Å²) in [7, 11) is 1.85. The van der Waals surface area contributed by atoms with Crippen LogP contribution >= 0.6 is 11.3 Å². The van der Waals surface area contributed by atoms with E-state index in [0.717, 1.165) is 21.3 Å². The minimum atomic E-state index is 0.579. The van der Waals surface area contributed by atoms with Crippen molar-refractivity contribution in [3.05, 3.63) is 33.5 Å². The van der Waals surface area contributed by atoms with E-state index in [1.807, 2.05) is 33.0 Å². The summed E-state index contributed by atoms with van der Waals surface area (Å²) in [6, 6.07) is 4.06. The smallest absolute Gasteiger partial charge is 0.134 e. The zero-order valence-corrected chi connectivity index (χ0v) is 10.7. The molecule has 2 heterocycles.